The Morgan fingerprint density at radius 1 is 0.875 bits per heavy atom. The molecule has 1 aromatic heterocycles. The molecule has 0 radical (unpaired) electrons. The number of halogens is 3. The Bertz CT molecular complexity index is 868. The van der Waals surface area contributed by atoms with Crippen LogP contribution in [0.2, 0.25) is 0 Å². The van der Waals surface area contributed by atoms with Gasteiger partial charge in [0.1, 0.15) is 28.6 Å². The summed E-state index contributed by atoms with van der Waals surface area (Å²) in [6.07, 6.45) is -4.82. The lowest BCUT2D eigenvalue weighted by molar-refractivity contribution is -0.274. The number of furan rings is 1. The Hall–Kier alpha value is -2.83. The van der Waals surface area contributed by atoms with Crippen molar-refractivity contribution in [2.24, 2.45) is 0 Å². The topological polar surface area (TPSA) is 40.8 Å². The summed E-state index contributed by atoms with van der Waals surface area (Å²) in [7, 11) is 2.88. The van der Waals surface area contributed by atoms with E-state index in [2.05, 4.69) is 4.74 Å². The molecule has 0 amide bonds. The number of hydrogen-bond donors (Lipinski definition) is 0. The van der Waals surface area contributed by atoms with Gasteiger partial charge in [-0.3, -0.25) is 0 Å². The maximum absolute atomic E-state index is 12.7. The summed E-state index contributed by atoms with van der Waals surface area (Å²) < 4.78 is 57.8. The summed E-state index contributed by atoms with van der Waals surface area (Å²) in [5.41, 5.74) is 0.668. The van der Waals surface area contributed by atoms with Gasteiger partial charge in [0.2, 0.25) is 0 Å². The van der Waals surface area contributed by atoms with Crippen LogP contribution in [0, 0.1) is 0 Å². The van der Waals surface area contributed by atoms with Crippen molar-refractivity contribution in [3.63, 3.8) is 0 Å². The predicted molar refractivity (Wildman–Crippen MR) is 81.4 cm³/mol. The van der Waals surface area contributed by atoms with Crippen LogP contribution in [0.4, 0.5) is 13.2 Å². The van der Waals surface area contributed by atoms with Crippen molar-refractivity contribution in [1.82, 2.24) is 0 Å². The van der Waals surface area contributed by atoms with Crippen LogP contribution in [0.3, 0.4) is 0 Å². The molecule has 24 heavy (non-hydrogen) atoms. The van der Waals surface area contributed by atoms with Gasteiger partial charge >= 0.3 is 6.36 Å². The molecule has 126 valence electrons. The summed E-state index contributed by atoms with van der Waals surface area (Å²) in [5, 5.41) is 0.736. The first-order valence-corrected chi connectivity index (χ1v) is 6.91. The highest BCUT2D eigenvalue weighted by Gasteiger charge is 2.33. The lowest BCUT2D eigenvalue weighted by atomic mass is 10.1. The Labute approximate surface area is 135 Å². The van der Waals surface area contributed by atoms with Crippen LogP contribution in [-0.2, 0) is 0 Å². The molecule has 0 atom stereocenters. The first-order chi connectivity index (χ1) is 11.4. The second-order valence-electron chi connectivity index (χ2n) is 4.92. The molecular formula is C17H13F3O4. The van der Waals surface area contributed by atoms with Gasteiger partial charge in [0.25, 0.3) is 0 Å². The van der Waals surface area contributed by atoms with E-state index in [-0.39, 0.29) is 17.1 Å². The van der Waals surface area contributed by atoms with Gasteiger partial charge in [-0.05, 0) is 30.3 Å². The van der Waals surface area contributed by atoms with Crippen LogP contribution in [0.5, 0.6) is 17.2 Å². The second kappa shape index (κ2) is 5.99. The molecule has 4 nitrogen and oxygen atoms in total. The van der Waals surface area contributed by atoms with Crippen LogP contribution in [0.1, 0.15) is 0 Å². The molecule has 0 saturated heterocycles. The molecule has 0 spiro atoms. The molecule has 0 aliphatic rings. The molecule has 1 heterocycles. The minimum Gasteiger partial charge on any atom is -0.497 e. The van der Waals surface area contributed by atoms with Gasteiger partial charge in [-0.2, -0.15) is 0 Å². The van der Waals surface area contributed by atoms with Gasteiger partial charge in [-0.25, -0.2) is 0 Å². The standard InChI is InChI=1S/C17H13F3O4/c1-21-11-4-3-10-7-15(23-14(10)8-11)13-6-5-12(22-2)9-16(13)24-17(18,19)20/h3-9H,1-2H3. The van der Waals surface area contributed by atoms with Crippen molar-refractivity contribution in [2.75, 3.05) is 14.2 Å². The van der Waals surface area contributed by atoms with E-state index in [4.69, 9.17) is 13.9 Å². The predicted octanol–water partition coefficient (Wildman–Crippen LogP) is 5.02. The fraction of sp³-hybridized carbons (Fsp3) is 0.176. The second-order valence-corrected chi connectivity index (χ2v) is 4.92. The average molecular weight is 338 g/mol. The van der Waals surface area contributed by atoms with E-state index in [1.807, 2.05) is 0 Å². The summed E-state index contributed by atoms with van der Waals surface area (Å²) in [5.74, 6) is 0.689. The van der Waals surface area contributed by atoms with E-state index < -0.39 is 12.1 Å². The van der Waals surface area contributed by atoms with Crippen LogP contribution in [-0.4, -0.2) is 20.6 Å². The SMILES string of the molecule is COc1ccc(-c2cc3ccc(OC)cc3o2)c(OC(F)(F)F)c1. The number of methoxy groups -OCH3 is 2. The fourth-order valence-electron chi connectivity index (χ4n) is 2.31. The molecular weight excluding hydrogens is 325 g/mol. The van der Waals surface area contributed by atoms with Gasteiger partial charge in [-0.1, -0.05) is 0 Å². The molecule has 0 fully saturated rings. The third-order valence-corrected chi connectivity index (χ3v) is 3.41. The number of ether oxygens (including phenoxy) is 3. The summed E-state index contributed by atoms with van der Waals surface area (Å²) in [4.78, 5) is 0. The molecule has 0 bridgehead atoms. The molecule has 7 heteroatoms. The fourth-order valence-corrected chi connectivity index (χ4v) is 2.31. The third-order valence-electron chi connectivity index (χ3n) is 3.41. The summed E-state index contributed by atoms with van der Waals surface area (Å²) in [6.45, 7) is 0. The zero-order valence-corrected chi connectivity index (χ0v) is 12.8. The van der Waals surface area contributed by atoms with Crippen LogP contribution in [0.15, 0.2) is 46.9 Å². The van der Waals surface area contributed by atoms with Crippen LogP contribution in [0.25, 0.3) is 22.3 Å². The van der Waals surface area contributed by atoms with Crippen molar-refractivity contribution in [1.29, 1.82) is 0 Å². The van der Waals surface area contributed by atoms with Crippen LogP contribution >= 0.6 is 0 Å². The third kappa shape index (κ3) is 3.24. The first-order valence-electron chi connectivity index (χ1n) is 6.91. The van der Waals surface area contributed by atoms with Gasteiger partial charge in [0.05, 0.1) is 19.8 Å². The Balaban J connectivity index is 2.10. The zero-order chi connectivity index (χ0) is 17.3. The molecule has 0 N–H and O–H groups in total. The normalized spacial score (nSPS) is 11.5. The van der Waals surface area contributed by atoms with E-state index in [0.29, 0.717) is 11.3 Å². The van der Waals surface area contributed by atoms with Gasteiger partial charge in [-0.15, -0.1) is 13.2 Å². The average Bonchev–Trinajstić information content (AvgIpc) is 2.95. The van der Waals surface area contributed by atoms with Crippen molar-refractivity contribution in [3.8, 4) is 28.6 Å². The largest absolute Gasteiger partial charge is 0.573 e. The van der Waals surface area contributed by atoms with Gasteiger partial charge in [0.15, 0.2) is 0 Å². The molecule has 0 aliphatic heterocycles. The zero-order valence-electron chi connectivity index (χ0n) is 12.8. The highest BCUT2D eigenvalue weighted by molar-refractivity contribution is 5.85. The molecule has 0 aliphatic carbocycles. The number of alkyl halides is 3. The minimum absolute atomic E-state index is 0.170. The van der Waals surface area contributed by atoms with Gasteiger partial charge in [0, 0.05) is 17.5 Å². The van der Waals surface area contributed by atoms with E-state index >= 15 is 0 Å². The van der Waals surface area contributed by atoms with E-state index in [0.717, 1.165) is 11.5 Å². The Morgan fingerprint density at radius 2 is 1.54 bits per heavy atom. The molecule has 3 rings (SSSR count). The number of rotatable bonds is 4. The van der Waals surface area contributed by atoms with E-state index in [1.54, 1.807) is 24.3 Å². The molecule has 0 unspecified atom stereocenters. The summed E-state index contributed by atoms with van der Waals surface area (Å²) >= 11 is 0. The Morgan fingerprint density at radius 3 is 2.21 bits per heavy atom. The highest BCUT2D eigenvalue weighted by atomic mass is 19.4. The molecule has 3 aromatic rings. The smallest absolute Gasteiger partial charge is 0.497 e. The number of fused-ring (bicyclic) bond motifs is 1. The number of benzene rings is 2. The van der Waals surface area contributed by atoms with Crippen molar-refractivity contribution >= 4 is 11.0 Å². The monoisotopic (exact) mass is 338 g/mol. The first kappa shape index (κ1) is 16.0. The molecule has 0 saturated carbocycles. The lowest BCUT2D eigenvalue weighted by Crippen LogP contribution is -2.17. The quantitative estimate of drug-likeness (QED) is 0.670. The molecule has 2 aromatic carbocycles. The Kier molecular flexibility index (Phi) is 4.01. The maximum Gasteiger partial charge on any atom is 0.573 e. The minimum atomic E-state index is -4.82. The number of hydrogen-bond acceptors (Lipinski definition) is 4. The summed E-state index contributed by atoms with van der Waals surface area (Å²) in [6, 6.07) is 10.9. The highest BCUT2D eigenvalue weighted by Crippen LogP contribution is 2.39. The lowest BCUT2D eigenvalue weighted by Gasteiger charge is -2.13. The van der Waals surface area contributed by atoms with Crippen LogP contribution < -0.4 is 14.2 Å². The van der Waals surface area contributed by atoms with Crippen molar-refractivity contribution < 1.29 is 31.8 Å². The van der Waals surface area contributed by atoms with E-state index in [9.17, 15) is 13.2 Å². The maximum atomic E-state index is 12.7. The van der Waals surface area contributed by atoms with E-state index in [1.165, 1.54) is 26.4 Å². The van der Waals surface area contributed by atoms with Crippen molar-refractivity contribution in [2.45, 2.75) is 6.36 Å². The van der Waals surface area contributed by atoms with Gasteiger partial charge < -0.3 is 18.6 Å². The van der Waals surface area contributed by atoms with Crippen molar-refractivity contribution in [3.05, 3.63) is 42.5 Å².